The van der Waals surface area contributed by atoms with Gasteiger partial charge in [0.2, 0.25) is 0 Å². The largest absolute Gasteiger partial charge is 0.496 e. The van der Waals surface area contributed by atoms with E-state index in [4.69, 9.17) is 15.2 Å². The van der Waals surface area contributed by atoms with Gasteiger partial charge in [0.25, 0.3) is 0 Å². The number of halogens is 2. The molecule has 5 heteroatoms. The summed E-state index contributed by atoms with van der Waals surface area (Å²) in [5.74, 6) is 1.43. The second kappa shape index (κ2) is 6.61. The number of rotatable bonds is 4. The van der Waals surface area contributed by atoms with Crippen LogP contribution in [0.5, 0.6) is 11.5 Å². The van der Waals surface area contributed by atoms with E-state index in [2.05, 4.69) is 31.9 Å². The SMILES string of the molecule is COc1cccc(OC)c1C(N)c1ccc(Br)cc1Br. The zero-order chi connectivity index (χ0) is 14.7. The summed E-state index contributed by atoms with van der Waals surface area (Å²) >= 11 is 6.98. The van der Waals surface area contributed by atoms with Crippen LogP contribution in [0.25, 0.3) is 0 Å². The van der Waals surface area contributed by atoms with Gasteiger partial charge in [-0.3, -0.25) is 0 Å². The Morgan fingerprint density at radius 1 is 1.00 bits per heavy atom. The predicted molar refractivity (Wildman–Crippen MR) is 87.4 cm³/mol. The highest BCUT2D eigenvalue weighted by atomic mass is 79.9. The number of methoxy groups -OCH3 is 2. The van der Waals surface area contributed by atoms with E-state index in [0.717, 1.165) is 20.1 Å². The van der Waals surface area contributed by atoms with Crippen LogP contribution >= 0.6 is 31.9 Å². The van der Waals surface area contributed by atoms with Crippen molar-refractivity contribution in [3.63, 3.8) is 0 Å². The highest BCUT2D eigenvalue weighted by molar-refractivity contribution is 9.11. The Balaban J connectivity index is 2.55. The predicted octanol–water partition coefficient (Wildman–Crippen LogP) is 4.28. The molecule has 0 aliphatic carbocycles. The first-order valence-corrected chi connectivity index (χ1v) is 7.58. The third kappa shape index (κ3) is 3.00. The van der Waals surface area contributed by atoms with Crippen LogP contribution in [0.3, 0.4) is 0 Å². The summed E-state index contributed by atoms with van der Waals surface area (Å²) in [6.07, 6.45) is 0. The summed E-state index contributed by atoms with van der Waals surface area (Å²) in [4.78, 5) is 0. The van der Waals surface area contributed by atoms with E-state index < -0.39 is 0 Å². The molecule has 3 nitrogen and oxygen atoms in total. The van der Waals surface area contributed by atoms with E-state index in [9.17, 15) is 0 Å². The number of ether oxygens (including phenoxy) is 2. The van der Waals surface area contributed by atoms with Gasteiger partial charge in [-0.15, -0.1) is 0 Å². The van der Waals surface area contributed by atoms with Crippen LogP contribution in [-0.2, 0) is 0 Å². The molecular weight excluding hydrogens is 386 g/mol. The molecule has 2 rings (SSSR count). The second-order valence-electron chi connectivity index (χ2n) is 4.22. The number of hydrogen-bond acceptors (Lipinski definition) is 3. The molecule has 20 heavy (non-hydrogen) atoms. The van der Waals surface area contributed by atoms with Crippen LogP contribution in [0.1, 0.15) is 17.2 Å². The molecule has 2 aromatic carbocycles. The molecular formula is C15H15Br2NO2. The Morgan fingerprint density at radius 2 is 1.60 bits per heavy atom. The molecule has 0 heterocycles. The van der Waals surface area contributed by atoms with E-state index in [1.807, 2.05) is 36.4 Å². The highest BCUT2D eigenvalue weighted by Crippen LogP contribution is 2.38. The van der Waals surface area contributed by atoms with Gasteiger partial charge in [0.1, 0.15) is 11.5 Å². The lowest BCUT2D eigenvalue weighted by molar-refractivity contribution is 0.382. The maximum Gasteiger partial charge on any atom is 0.127 e. The van der Waals surface area contributed by atoms with Crippen molar-refractivity contribution in [2.45, 2.75) is 6.04 Å². The van der Waals surface area contributed by atoms with Crippen molar-refractivity contribution in [1.29, 1.82) is 0 Å². The van der Waals surface area contributed by atoms with E-state index in [1.165, 1.54) is 0 Å². The molecule has 1 atom stereocenters. The van der Waals surface area contributed by atoms with E-state index >= 15 is 0 Å². The average molecular weight is 401 g/mol. The molecule has 0 amide bonds. The van der Waals surface area contributed by atoms with Gasteiger partial charge in [0, 0.05) is 8.95 Å². The van der Waals surface area contributed by atoms with Gasteiger partial charge >= 0.3 is 0 Å². The molecule has 0 aliphatic rings. The quantitative estimate of drug-likeness (QED) is 0.832. The Morgan fingerprint density at radius 3 is 2.10 bits per heavy atom. The summed E-state index contributed by atoms with van der Waals surface area (Å²) < 4.78 is 12.7. The van der Waals surface area contributed by atoms with Gasteiger partial charge < -0.3 is 15.2 Å². The Kier molecular flexibility index (Phi) is 5.07. The third-order valence-corrected chi connectivity index (χ3v) is 4.25. The summed E-state index contributed by atoms with van der Waals surface area (Å²) in [5.41, 5.74) is 8.22. The first-order chi connectivity index (χ1) is 9.58. The topological polar surface area (TPSA) is 44.5 Å². The van der Waals surface area contributed by atoms with Crippen molar-refractivity contribution >= 4 is 31.9 Å². The summed E-state index contributed by atoms with van der Waals surface area (Å²) in [5, 5.41) is 0. The highest BCUT2D eigenvalue weighted by Gasteiger charge is 2.20. The molecule has 0 fully saturated rings. The summed E-state index contributed by atoms with van der Waals surface area (Å²) in [7, 11) is 3.25. The Hall–Kier alpha value is -1.04. The lowest BCUT2D eigenvalue weighted by Gasteiger charge is -2.20. The van der Waals surface area contributed by atoms with Gasteiger partial charge in [-0.1, -0.05) is 44.0 Å². The third-order valence-electron chi connectivity index (χ3n) is 3.07. The van der Waals surface area contributed by atoms with Crippen molar-refractivity contribution in [3.05, 3.63) is 56.5 Å². The smallest absolute Gasteiger partial charge is 0.127 e. The van der Waals surface area contributed by atoms with Crippen LogP contribution in [-0.4, -0.2) is 14.2 Å². The van der Waals surface area contributed by atoms with Gasteiger partial charge in [0.05, 0.1) is 25.8 Å². The van der Waals surface area contributed by atoms with Crippen LogP contribution < -0.4 is 15.2 Å². The molecule has 2 N–H and O–H groups in total. The first kappa shape index (κ1) is 15.4. The van der Waals surface area contributed by atoms with E-state index in [-0.39, 0.29) is 6.04 Å². The van der Waals surface area contributed by atoms with Crippen molar-refractivity contribution < 1.29 is 9.47 Å². The van der Waals surface area contributed by atoms with E-state index in [1.54, 1.807) is 14.2 Å². The molecule has 0 spiro atoms. The van der Waals surface area contributed by atoms with Crippen LogP contribution in [0, 0.1) is 0 Å². The Bertz CT molecular complexity index is 595. The molecule has 0 radical (unpaired) electrons. The fourth-order valence-corrected chi connectivity index (χ4v) is 3.39. The summed E-state index contributed by atoms with van der Waals surface area (Å²) in [6, 6.07) is 11.2. The maximum atomic E-state index is 6.41. The minimum absolute atomic E-state index is 0.344. The minimum Gasteiger partial charge on any atom is -0.496 e. The molecule has 0 saturated heterocycles. The van der Waals surface area contributed by atoms with Gasteiger partial charge in [-0.05, 0) is 29.8 Å². The lowest BCUT2D eigenvalue weighted by Crippen LogP contribution is -2.15. The normalized spacial score (nSPS) is 12.1. The van der Waals surface area contributed by atoms with E-state index in [0.29, 0.717) is 11.5 Å². The molecule has 0 aromatic heterocycles. The van der Waals surface area contributed by atoms with Gasteiger partial charge in [0.15, 0.2) is 0 Å². The first-order valence-electron chi connectivity index (χ1n) is 6.00. The fourth-order valence-electron chi connectivity index (χ4n) is 2.10. The van der Waals surface area contributed by atoms with Crippen molar-refractivity contribution in [2.24, 2.45) is 5.73 Å². The van der Waals surface area contributed by atoms with Gasteiger partial charge in [-0.25, -0.2) is 0 Å². The zero-order valence-electron chi connectivity index (χ0n) is 11.2. The lowest BCUT2D eigenvalue weighted by atomic mass is 9.98. The maximum absolute atomic E-state index is 6.41. The summed E-state index contributed by atoms with van der Waals surface area (Å²) in [6.45, 7) is 0. The average Bonchev–Trinajstić information content (AvgIpc) is 2.45. The number of hydrogen-bond donors (Lipinski definition) is 1. The second-order valence-corrected chi connectivity index (χ2v) is 5.99. The fraction of sp³-hybridized carbons (Fsp3) is 0.200. The number of benzene rings is 2. The van der Waals surface area contributed by atoms with Crippen LogP contribution in [0.4, 0.5) is 0 Å². The molecule has 1 unspecified atom stereocenters. The molecule has 0 saturated carbocycles. The van der Waals surface area contributed by atoms with Crippen LogP contribution in [0.2, 0.25) is 0 Å². The molecule has 106 valence electrons. The van der Waals surface area contributed by atoms with Crippen molar-refractivity contribution in [1.82, 2.24) is 0 Å². The molecule has 0 aliphatic heterocycles. The van der Waals surface area contributed by atoms with Gasteiger partial charge in [-0.2, -0.15) is 0 Å². The zero-order valence-corrected chi connectivity index (χ0v) is 14.4. The molecule has 0 bridgehead atoms. The number of nitrogens with two attached hydrogens (primary N) is 1. The molecule has 2 aromatic rings. The standard InChI is InChI=1S/C15H15Br2NO2/c1-19-12-4-3-5-13(20-2)14(12)15(18)10-7-6-9(16)8-11(10)17/h3-8,15H,18H2,1-2H3. The Labute approximate surface area is 135 Å². The van der Waals surface area contributed by atoms with Crippen LogP contribution in [0.15, 0.2) is 45.3 Å². The monoisotopic (exact) mass is 399 g/mol. The van der Waals surface area contributed by atoms with Crippen molar-refractivity contribution in [3.8, 4) is 11.5 Å². The minimum atomic E-state index is -0.344. The van der Waals surface area contributed by atoms with Crippen molar-refractivity contribution in [2.75, 3.05) is 14.2 Å².